The molecule has 1 unspecified atom stereocenters. The van der Waals surface area contributed by atoms with Gasteiger partial charge in [0.25, 0.3) is 5.91 Å². The fourth-order valence-electron chi connectivity index (χ4n) is 3.17. The van der Waals surface area contributed by atoms with E-state index in [2.05, 4.69) is 5.32 Å². The van der Waals surface area contributed by atoms with Gasteiger partial charge in [-0.05, 0) is 18.9 Å². The maximum absolute atomic E-state index is 12.4. The average molecular weight is 341 g/mol. The minimum atomic E-state index is -1.02. The van der Waals surface area contributed by atoms with Crippen LogP contribution in [0.3, 0.4) is 0 Å². The molecule has 0 bridgehead atoms. The van der Waals surface area contributed by atoms with Crippen LogP contribution in [0.25, 0.3) is 0 Å². The van der Waals surface area contributed by atoms with Crippen molar-refractivity contribution in [3.63, 3.8) is 0 Å². The molecule has 0 saturated heterocycles. The van der Waals surface area contributed by atoms with E-state index in [1.165, 1.54) is 0 Å². The van der Waals surface area contributed by atoms with Crippen LogP contribution >= 0.6 is 0 Å². The predicted molar refractivity (Wildman–Crippen MR) is 89.9 cm³/mol. The van der Waals surface area contributed by atoms with Crippen molar-refractivity contribution in [2.45, 2.75) is 32.1 Å². The Hall–Kier alpha value is -2.89. The molecule has 0 saturated carbocycles. The normalized spacial score (nSPS) is 14.7. The number of furan rings is 1. The molecule has 0 radical (unpaired) electrons. The second-order valence-electron chi connectivity index (χ2n) is 6.14. The first-order chi connectivity index (χ1) is 12.0. The molecule has 1 aliphatic carbocycles. The maximum atomic E-state index is 12.4. The third-order valence-electron chi connectivity index (χ3n) is 4.48. The number of carboxylic acid groups (broad SMARTS) is 1. The molecule has 1 aliphatic rings. The minimum absolute atomic E-state index is 0.00533. The summed E-state index contributed by atoms with van der Waals surface area (Å²) in [7, 11) is 0. The van der Waals surface area contributed by atoms with Gasteiger partial charge < -0.3 is 14.8 Å². The number of carbonyl (C=O) groups excluding carboxylic acids is 2. The number of hydrogen-bond donors (Lipinski definition) is 2. The zero-order valence-corrected chi connectivity index (χ0v) is 13.9. The smallest absolute Gasteiger partial charge is 0.312 e. The van der Waals surface area contributed by atoms with E-state index in [-0.39, 0.29) is 18.1 Å². The number of hydrogen-bond acceptors (Lipinski definition) is 4. The quantitative estimate of drug-likeness (QED) is 0.871. The van der Waals surface area contributed by atoms with Gasteiger partial charge in [-0.25, -0.2) is 0 Å². The summed E-state index contributed by atoms with van der Waals surface area (Å²) >= 11 is 0. The van der Waals surface area contributed by atoms with Gasteiger partial charge in [0, 0.05) is 24.9 Å². The number of aryl methyl sites for hydroxylation is 1. The fourth-order valence-corrected chi connectivity index (χ4v) is 3.17. The Kier molecular flexibility index (Phi) is 4.70. The summed E-state index contributed by atoms with van der Waals surface area (Å²) in [6.07, 6.45) is 1.81. The third kappa shape index (κ3) is 3.33. The molecule has 0 aliphatic heterocycles. The fraction of sp³-hybridized carbons (Fsp3) is 0.316. The van der Waals surface area contributed by atoms with E-state index >= 15 is 0 Å². The minimum Gasteiger partial charge on any atom is -0.481 e. The molecule has 0 fully saturated rings. The molecular formula is C19H19NO5. The number of aliphatic carboxylic acids is 1. The van der Waals surface area contributed by atoms with Gasteiger partial charge in [0.2, 0.25) is 0 Å². The highest BCUT2D eigenvalue weighted by Crippen LogP contribution is 2.29. The molecule has 0 spiro atoms. The van der Waals surface area contributed by atoms with Crippen molar-refractivity contribution < 1.29 is 23.9 Å². The SMILES string of the molecule is Cc1c(C(=O)NCC(C(=O)O)c2ccccc2)oc2c1C(=O)CCC2. The number of rotatable bonds is 5. The van der Waals surface area contributed by atoms with Crippen molar-refractivity contribution in [1.29, 1.82) is 0 Å². The second kappa shape index (κ2) is 6.93. The van der Waals surface area contributed by atoms with Crippen molar-refractivity contribution in [2.24, 2.45) is 0 Å². The van der Waals surface area contributed by atoms with Crippen LogP contribution in [0.1, 0.15) is 56.6 Å². The van der Waals surface area contributed by atoms with Gasteiger partial charge in [-0.1, -0.05) is 30.3 Å². The monoisotopic (exact) mass is 341 g/mol. The molecule has 130 valence electrons. The summed E-state index contributed by atoms with van der Waals surface area (Å²) in [6.45, 7) is 1.63. The van der Waals surface area contributed by atoms with E-state index in [9.17, 15) is 19.5 Å². The topological polar surface area (TPSA) is 96.6 Å². The van der Waals surface area contributed by atoms with E-state index in [1.807, 2.05) is 0 Å². The first-order valence-electron chi connectivity index (χ1n) is 8.20. The Labute approximate surface area is 144 Å². The highest BCUT2D eigenvalue weighted by Gasteiger charge is 2.29. The lowest BCUT2D eigenvalue weighted by molar-refractivity contribution is -0.138. The lowest BCUT2D eigenvalue weighted by Gasteiger charge is -2.13. The van der Waals surface area contributed by atoms with Crippen LogP contribution in [0.5, 0.6) is 0 Å². The van der Waals surface area contributed by atoms with Crippen LogP contribution in [-0.2, 0) is 11.2 Å². The van der Waals surface area contributed by atoms with Gasteiger partial charge >= 0.3 is 5.97 Å². The highest BCUT2D eigenvalue weighted by molar-refractivity contribution is 6.03. The van der Waals surface area contributed by atoms with Gasteiger partial charge in [0.05, 0.1) is 11.5 Å². The Balaban J connectivity index is 1.76. The van der Waals surface area contributed by atoms with Gasteiger partial charge in [0.15, 0.2) is 11.5 Å². The molecular weight excluding hydrogens is 322 g/mol. The van der Waals surface area contributed by atoms with Crippen molar-refractivity contribution in [3.8, 4) is 0 Å². The molecule has 2 N–H and O–H groups in total. The van der Waals surface area contributed by atoms with E-state index in [0.717, 1.165) is 6.42 Å². The molecule has 1 amide bonds. The highest BCUT2D eigenvalue weighted by atomic mass is 16.4. The second-order valence-corrected chi connectivity index (χ2v) is 6.14. The first kappa shape index (κ1) is 17.0. The summed E-state index contributed by atoms with van der Waals surface area (Å²) < 4.78 is 5.59. The number of fused-ring (bicyclic) bond motifs is 1. The molecule has 6 heteroatoms. The van der Waals surface area contributed by atoms with Gasteiger partial charge in [-0.15, -0.1) is 0 Å². The lowest BCUT2D eigenvalue weighted by atomic mass is 9.94. The zero-order valence-electron chi connectivity index (χ0n) is 13.9. The van der Waals surface area contributed by atoms with E-state index in [0.29, 0.717) is 35.3 Å². The molecule has 2 aromatic rings. The number of ketones is 1. The number of benzene rings is 1. The first-order valence-corrected chi connectivity index (χ1v) is 8.20. The molecule has 1 atom stereocenters. The lowest BCUT2D eigenvalue weighted by Crippen LogP contribution is -2.31. The molecule has 1 aromatic carbocycles. The van der Waals surface area contributed by atoms with E-state index in [4.69, 9.17) is 4.42 Å². The number of amides is 1. The Morgan fingerprint density at radius 3 is 2.60 bits per heavy atom. The van der Waals surface area contributed by atoms with Crippen LogP contribution in [0.2, 0.25) is 0 Å². The van der Waals surface area contributed by atoms with Crippen molar-refractivity contribution in [2.75, 3.05) is 6.54 Å². The number of carboxylic acids is 1. The van der Waals surface area contributed by atoms with E-state index < -0.39 is 17.8 Å². The van der Waals surface area contributed by atoms with Crippen LogP contribution in [0.4, 0.5) is 0 Å². The third-order valence-corrected chi connectivity index (χ3v) is 4.48. The summed E-state index contributed by atoms with van der Waals surface area (Å²) in [5, 5.41) is 12.0. The molecule has 3 rings (SSSR count). The number of Topliss-reactive ketones (excluding diaryl/α,β-unsaturated/α-hetero) is 1. The summed E-state index contributed by atoms with van der Waals surface area (Å²) in [5.74, 6) is -1.72. The summed E-state index contributed by atoms with van der Waals surface area (Å²) in [6, 6.07) is 8.72. The summed E-state index contributed by atoms with van der Waals surface area (Å²) in [5.41, 5.74) is 1.65. The van der Waals surface area contributed by atoms with Crippen LogP contribution in [0, 0.1) is 6.92 Å². The van der Waals surface area contributed by atoms with Gasteiger partial charge in [-0.3, -0.25) is 14.4 Å². The standard InChI is InChI=1S/C19H19NO5/c1-11-16-14(21)8-5-9-15(16)25-17(11)18(22)20-10-13(19(23)24)12-6-3-2-4-7-12/h2-4,6-7,13H,5,8-10H2,1H3,(H,20,22)(H,23,24). The van der Waals surface area contributed by atoms with Crippen LogP contribution in [0.15, 0.2) is 34.7 Å². The molecule has 6 nitrogen and oxygen atoms in total. The van der Waals surface area contributed by atoms with Crippen LogP contribution in [-0.4, -0.2) is 29.3 Å². The Morgan fingerprint density at radius 1 is 1.24 bits per heavy atom. The summed E-state index contributed by atoms with van der Waals surface area (Å²) in [4.78, 5) is 36.0. The molecule has 1 heterocycles. The van der Waals surface area contributed by atoms with Crippen molar-refractivity contribution in [3.05, 3.63) is 58.5 Å². The van der Waals surface area contributed by atoms with Crippen molar-refractivity contribution >= 4 is 17.7 Å². The van der Waals surface area contributed by atoms with Gasteiger partial charge in [-0.2, -0.15) is 0 Å². The molecule has 1 aromatic heterocycles. The van der Waals surface area contributed by atoms with Gasteiger partial charge in [0.1, 0.15) is 5.76 Å². The average Bonchev–Trinajstić information content (AvgIpc) is 2.94. The Morgan fingerprint density at radius 2 is 1.96 bits per heavy atom. The maximum Gasteiger partial charge on any atom is 0.312 e. The number of carbonyl (C=O) groups is 3. The van der Waals surface area contributed by atoms with E-state index in [1.54, 1.807) is 37.3 Å². The Bertz CT molecular complexity index is 822. The predicted octanol–water partition coefficient (Wildman–Crippen LogP) is 2.71. The van der Waals surface area contributed by atoms with Crippen LogP contribution < -0.4 is 5.32 Å². The largest absolute Gasteiger partial charge is 0.481 e. The number of nitrogens with one attached hydrogen (secondary N) is 1. The molecule has 25 heavy (non-hydrogen) atoms. The zero-order chi connectivity index (χ0) is 18.0. The van der Waals surface area contributed by atoms with Crippen molar-refractivity contribution in [1.82, 2.24) is 5.32 Å².